The molecule has 6 rings (SSSR count). The highest BCUT2D eigenvalue weighted by molar-refractivity contribution is 7.86. The quantitative estimate of drug-likeness (QED) is 0.0760. The number of urea groups is 1. The minimum Gasteiger partial charge on any atom is -0.508 e. The lowest BCUT2D eigenvalue weighted by Crippen LogP contribution is -2.21. The van der Waals surface area contributed by atoms with E-state index in [1.807, 2.05) is 0 Å². The molecule has 0 saturated heterocycles. The Balaban J connectivity index is 1.14. The summed E-state index contributed by atoms with van der Waals surface area (Å²) in [6.45, 7) is 3.31. The fourth-order valence-corrected chi connectivity index (χ4v) is 6.80. The summed E-state index contributed by atoms with van der Waals surface area (Å²) in [6.07, 6.45) is 0. The molecule has 0 atom stereocenters. The molecule has 17 heteroatoms. The largest absolute Gasteiger partial charge is 0.508 e. The van der Waals surface area contributed by atoms with E-state index in [2.05, 4.69) is 21.3 Å². The van der Waals surface area contributed by atoms with E-state index in [4.69, 9.17) is 0 Å². The SMILES string of the molecule is Cc1cc(C(=O)Nc2cc(S(=O)(=O)O)cc3cc(O)ccc23)ccc1NC(=O)Nc1ccc(C(=O)Nc2cc(S(=O)(=O)O)cc3cc(O)ccc23)cc1C. The van der Waals surface area contributed by atoms with Gasteiger partial charge >= 0.3 is 6.03 Å². The number of carbonyl (C=O) groups is 3. The topological polar surface area (TPSA) is 249 Å². The zero-order chi connectivity index (χ0) is 39.1. The van der Waals surface area contributed by atoms with Crippen LogP contribution < -0.4 is 21.3 Å². The molecule has 15 nitrogen and oxygen atoms in total. The minimum atomic E-state index is -4.64. The average Bonchev–Trinajstić information content (AvgIpc) is 3.08. The van der Waals surface area contributed by atoms with Crippen molar-refractivity contribution in [3.05, 3.63) is 119 Å². The van der Waals surface area contributed by atoms with Crippen LogP contribution in [-0.4, -0.2) is 54.0 Å². The van der Waals surface area contributed by atoms with Crippen molar-refractivity contribution in [2.75, 3.05) is 21.3 Å². The number of hydrogen-bond donors (Lipinski definition) is 8. The third-order valence-electron chi connectivity index (χ3n) is 8.39. The van der Waals surface area contributed by atoms with E-state index >= 15 is 0 Å². The third-order valence-corrected chi connectivity index (χ3v) is 10.0. The summed E-state index contributed by atoms with van der Waals surface area (Å²) in [5, 5.41) is 31.7. The Morgan fingerprint density at radius 3 is 1.22 bits per heavy atom. The van der Waals surface area contributed by atoms with Crippen LogP contribution in [0.4, 0.5) is 27.5 Å². The molecule has 0 heterocycles. The zero-order valence-electron chi connectivity index (χ0n) is 28.2. The van der Waals surface area contributed by atoms with E-state index in [-0.39, 0.29) is 44.8 Å². The number of phenolic OH excluding ortho intramolecular Hbond substituents is 2. The van der Waals surface area contributed by atoms with Crippen molar-refractivity contribution >= 4 is 82.4 Å². The molecule has 0 unspecified atom stereocenters. The van der Waals surface area contributed by atoms with Crippen LogP contribution in [0, 0.1) is 13.8 Å². The summed E-state index contributed by atoms with van der Waals surface area (Å²) in [4.78, 5) is 38.4. The highest BCUT2D eigenvalue weighted by Crippen LogP contribution is 2.33. The maximum atomic E-state index is 13.2. The van der Waals surface area contributed by atoms with Gasteiger partial charge in [0.2, 0.25) is 0 Å². The van der Waals surface area contributed by atoms with Crippen molar-refractivity contribution in [3.8, 4) is 11.5 Å². The third kappa shape index (κ3) is 8.08. The van der Waals surface area contributed by atoms with Crippen LogP contribution in [0.3, 0.4) is 0 Å². The summed E-state index contributed by atoms with van der Waals surface area (Å²) in [5.74, 6) is -1.53. The molecule has 0 fully saturated rings. The number of phenols is 2. The first-order valence-corrected chi connectivity index (χ1v) is 18.6. The number of fused-ring (bicyclic) bond motifs is 2. The lowest BCUT2D eigenvalue weighted by atomic mass is 10.1. The van der Waals surface area contributed by atoms with Gasteiger partial charge in [-0.25, -0.2) is 4.79 Å². The number of aryl methyl sites for hydroxylation is 2. The highest BCUT2D eigenvalue weighted by atomic mass is 32.2. The van der Waals surface area contributed by atoms with Gasteiger partial charge in [0.1, 0.15) is 11.5 Å². The first-order chi connectivity index (χ1) is 25.3. The minimum absolute atomic E-state index is 0.0734. The number of carbonyl (C=O) groups excluding carboxylic acids is 3. The Kier molecular flexibility index (Phi) is 9.74. The van der Waals surface area contributed by atoms with E-state index < -0.39 is 47.9 Å². The van der Waals surface area contributed by atoms with Gasteiger partial charge in [-0.3, -0.25) is 18.7 Å². The van der Waals surface area contributed by atoms with Gasteiger partial charge in [-0.15, -0.1) is 0 Å². The van der Waals surface area contributed by atoms with Gasteiger partial charge in [-0.1, -0.05) is 0 Å². The molecular formula is C37H30N4O11S2. The number of nitrogens with one attached hydrogen (secondary N) is 4. The van der Waals surface area contributed by atoms with E-state index in [1.54, 1.807) is 13.8 Å². The lowest BCUT2D eigenvalue weighted by molar-refractivity contribution is 0.101. The molecule has 276 valence electrons. The molecule has 6 aromatic rings. The van der Waals surface area contributed by atoms with Crippen LogP contribution in [0.25, 0.3) is 21.5 Å². The predicted molar refractivity (Wildman–Crippen MR) is 202 cm³/mol. The summed E-state index contributed by atoms with van der Waals surface area (Å²) in [5.41, 5.74) is 2.21. The van der Waals surface area contributed by atoms with Crippen molar-refractivity contribution in [3.63, 3.8) is 0 Å². The second-order valence-electron chi connectivity index (χ2n) is 12.2. The zero-order valence-corrected chi connectivity index (χ0v) is 29.8. The second kappa shape index (κ2) is 14.1. The molecule has 0 bridgehead atoms. The predicted octanol–water partition coefficient (Wildman–Crippen LogP) is 6.66. The van der Waals surface area contributed by atoms with Gasteiger partial charge in [-0.2, -0.15) is 16.8 Å². The molecule has 0 aliphatic heterocycles. The van der Waals surface area contributed by atoms with E-state index in [0.29, 0.717) is 33.3 Å². The summed E-state index contributed by atoms with van der Waals surface area (Å²) in [6, 6.07) is 21.0. The molecule has 8 N–H and O–H groups in total. The molecule has 6 aromatic carbocycles. The number of benzene rings is 6. The van der Waals surface area contributed by atoms with Gasteiger partial charge in [-0.05, 0) is 133 Å². The van der Waals surface area contributed by atoms with Gasteiger partial charge < -0.3 is 31.5 Å². The highest BCUT2D eigenvalue weighted by Gasteiger charge is 2.19. The Bertz CT molecular complexity index is 2600. The fraction of sp³-hybridized carbons (Fsp3) is 0.0541. The lowest BCUT2D eigenvalue weighted by Gasteiger charge is -2.15. The number of aromatic hydroxyl groups is 2. The van der Waals surface area contributed by atoms with Crippen LogP contribution in [-0.2, 0) is 20.2 Å². The van der Waals surface area contributed by atoms with Gasteiger partial charge in [0.05, 0.1) is 21.2 Å². The Hall–Kier alpha value is -6.53. The summed E-state index contributed by atoms with van der Waals surface area (Å²) >= 11 is 0. The van der Waals surface area contributed by atoms with E-state index in [1.165, 1.54) is 72.8 Å². The van der Waals surface area contributed by atoms with Crippen LogP contribution in [0.15, 0.2) is 107 Å². The maximum Gasteiger partial charge on any atom is 0.323 e. The van der Waals surface area contributed by atoms with Gasteiger partial charge in [0.15, 0.2) is 0 Å². The summed E-state index contributed by atoms with van der Waals surface area (Å²) in [7, 11) is -9.28. The number of amides is 4. The van der Waals surface area contributed by atoms with Crippen LogP contribution in [0.2, 0.25) is 0 Å². The second-order valence-corrected chi connectivity index (χ2v) is 15.1. The molecule has 0 aliphatic carbocycles. The van der Waals surface area contributed by atoms with E-state index in [9.17, 15) is 50.5 Å². The van der Waals surface area contributed by atoms with Gasteiger partial charge in [0.25, 0.3) is 32.1 Å². The van der Waals surface area contributed by atoms with Crippen LogP contribution >= 0.6 is 0 Å². The molecular weight excluding hydrogens is 741 g/mol. The molecule has 0 spiro atoms. The monoisotopic (exact) mass is 770 g/mol. The van der Waals surface area contributed by atoms with Crippen molar-refractivity contribution in [1.29, 1.82) is 0 Å². The molecule has 0 aromatic heterocycles. The van der Waals surface area contributed by atoms with Gasteiger partial charge in [0, 0.05) is 33.3 Å². The van der Waals surface area contributed by atoms with Crippen molar-refractivity contribution in [2.24, 2.45) is 0 Å². The number of anilines is 4. The summed E-state index contributed by atoms with van der Waals surface area (Å²) < 4.78 is 66.6. The smallest absolute Gasteiger partial charge is 0.323 e. The average molecular weight is 771 g/mol. The molecule has 4 amide bonds. The standard InChI is InChI=1S/C37H30N4O11S2/c1-19-11-21(35(44)38-33-17-27(53(47,48)49)15-23-13-25(42)5-7-29(23)33)3-9-31(19)40-37(46)41-32-10-4-22(12-20(32)2)36(45)39-34-18-28(54(50,51)52)16-24-14-26(43)6-8-30(24)34/h3-18,42-43H,1-2H3,(H,38,44)(H,39,45)(H2,40,41,46)(H,47,48,49)(H,50,51,52). The first-order valence-electron chi connectivity index (χ1n) is 15.8. The fourth-order valence-electron chi connectivity index (χ4n) is 5.72. The van der Waals surface area contributed by atoms with Crippen LogP contribution in [0.5, 0.6) is 11.5 Å². The normalized spacial score (nSPS) is 11.6. The van der Waals surface area contributed by atoms with E-state index in [0.717, 1.165) is 24.3 Å². The van der Waals surface area contributed by atoms with Crippen molar-refractivity contribution in [2.45, 2.75) is 23.6 Å². The Morgan fingerprint density at radius 1 is 0.481 bits per heavy atom. The molecule has 0 radical (unpaired) electrons. The first kappa shape index (κ1) is 37.2. The Morgan fingerprint density at radius 2 is 0.870 bits per heavy atom. The number of rotatable bonds is 8. The van der Waals surface area contributed by atoms with Crippen LogP contribution in [0.1, 0.15) is 31.8 Å². The molecule has 0 saturated carbocycles. The molecule has 0 aliphatic rings. The van der Waals surface area contributed by atoms with Crippen molar-refractivity contribution < 1.29 is 50.5 Å². The van der Waals surface area contributed by atoms with Crippen molar-refractivity contribution in [1.82, 2.24) is 0 Å². The maximum absolute atomic E-state index is 13.2. The molecule has 54 heavy (non-hydrogen) atoms. The Labute approximate surface area is 307 Å². The number of hydrogen-bond acceptors (Lipinski definition) is 9.